The zero-order valence-electron chi connectivity index (χ0n) is 14.7. The van der Waals surface area contributed by atoms with Crippen LogP contribution in [0.1, 0.15) is 42.6 Å². The molecule has 25 heavy (non-hydrogen) atoms. The van der Waals surface area contributed by atoms with Crippen LogP contribution >= 0.6 is 0 Å². The molecule has 0 spiro atoms. The van der Waals surface area contributed by atoms with Gasteiger partial charge in [0.05, 0.1) is 14.2 Å². The summed E-state index contributed by atoms with van der Waals surface area (Å²) in [4.78, 5) is 11.8. The Kier molecular flexibility index (Phi) is 4.64. The number of fused-ring (bicyclic) bond motifs is 1. The van der Waals surface area contributed by atoms with Gasteiger partial charge in [0, 0.05) is 0 Å². The van der Waals surface area contributed by atoms with E-state index in [-0.39, 0.29) is 12.2 Å². The highest BCUT2D eigenvalue weighted by Crippen LogP contribution is 2.52. The number of ether oxygens (including phenoxy) is 2. The molecule has 0 amide bonds. The van der Waals surface area contributed by atoms with Crippen molar-refractivity contribution in [3.63, 3.8) is 0 Å². The van der Waals surface area contributed by atoms with Crippen LogP contribution in [0.5, 0.6) is 11.5 Å². The maximum absolute atomic E-state index is 5.90. The van der Waals surface area contributed by atoms with Crippen molar-refractivity contribution >= 4 is 0 Å². The van der Waals surface area contributed by atoms with Crippen LogP contribution in [0.4, 0.5) is 0 Å². The predicted octanol–water partition coefficient (Wildman–Crippen LogP) is 4.86. The number of hydrogen-bond donors (Lipinski definition) is 0. The second-order valence-electron chi connectivity index (χ2n) is 6.84. The van der Waals surface area contributed by atoms with Gasteiger partial charge in [-0.25, -0.2) is 9.78 Å². The Morgan fingerprint density at radius 1 is 0.680 bits per heavy atom. The molecule has 2 fully saturated rings. The summed E-state index contributed by atoms with van der Waals surface area (Å²) in [6, 6.07) is 16.3. The SMILES string of the molecule is COc1ccc([C@H]2OO[C@@H](c3ccc(OC)cc3)[C@H]3CCC[C@@H]32)cc1. The van der Waals surface area contributed by atoms with Gasteiger partial charge in [-0.1, -0.05) is 30.7 Å². The fourth-order valence-electron chi connectivity index (χ4n) is 4.22. The Morgan fingerprint density at radius 3 is 1.44 bits per heavy atom. The lowest BCUT2D eigenvalue weighted by Crippen LogP contribution is -2.32. The van der Waals surface area contributed by atoms with Gasteiger partial charge in [0.25, 0.3) is 0 Å². The molecule has 0 bridgehead atoms. The second-order valence-corrected chi connectivity index (χ2v) is 6.84. The molecule has 4 nitrogen and oxygen atoms in total. The highest BCUT2D eigenvalue weighted by atomic mass is 17.2. The average molecular weight is 340 g/mol. The van der Waals surface area contributed by atoms with Gasteiger partial charge in [-0.05, 0) is 60.1 Å². The molecule has 1 saturated heterocycles. The Hall–Kier alpha value is -2.04. The monoisotopic (exact) mass is 340 g/mol. The van der Waals surface area contributed by atoms with E-state index < -0.39 is 0 Å². The van der Waals surface area contributed by atoms with Gasteiger partial charge in [0.2, 0.25) is 0 Å². The van der Waals surface area contributed by atoms with Crippen molar-refractivity contribution in [2.75, 3.05) is 14.2 Å². The second kappa shape index (κ2) is 7.06. The first-order valence-electron chi connectivity index (χ1n) is 8.90. The van der Waals surface area contributed by atoms with Gasteiger partial charge >= 0.3 is 0 Å². The highest BCUT2D eigenvalue weighted by Gasteiger charge is 2.45. The average Bonchev–Trinajstić information content (AvgIpc) is 3.17. The first-order chi connectivity index (χ1) is 12.3. The summed E-state index contributed by atoms with van der Waals surface area (Å²) in [7, 11) is 3.36. The van der Waals surface area contributed by atoms with Crippen LogP contribution < -0.4 is 9.47 Å². The summed E-state index contributed by atoms with van der Waals surface area (Å²) in [6.07, 6.45) is 3.57. The third-order valence-corrected chi connectivity index (χ3v) is 5.55. The molecule has 2 aromatic carbocycles. The van der Waals surface area contributed by atoms with E-state index in [9.17, 15) is 0 Å². The summed E-state index contributed by atoms with van der Waals surface area (Å²) in [5.41, 5.74) is 2.32. The topological polar surface area (TPSA) is 36.9 Å². The summed E-state index contributed by atoms with van der Waals surface area (Å²) in [6.45, 7) is 0. The van der Waals surface area contributed by atoms with E-state index in [4.69, 9.17) is 19.2 Å². The molecular weight excluding hydrogens is 316 g/mol. The van der Waals surface area contributed by atoms with Crippen molar-refractivity contribution in [3.05, 3.63) is 59.7 Å². The van der Waals surface area contributed by atoms with E-state index in [0.717, 1.165) is 22.6 Å². The van der Waals surface area contributed by atoms with Crippen molar-refractivity contribution in [2.45, 2.75) is 31.5 Å². The largest absolute Gasteiger partial charge is 0.497 e. The van der Waals surface area contributed by atoms with E-state index in [1.54, 1.807) is 14.2 Å². The van der Waals surface area contributed by atoms with Crippen molar-refractivity contribution < 1.29 is 19.2 Å². The Bertz CT molecular complexity index is 633. The Morgan fingerprint density at radius 2 is 1.08 bits per heavy atom. The predicted molar refractivity (Wildman–Crippen MR) is 94.5 cm³/mol. The minimum atomic E-state index is -0.00657. The van der Waals surface area contributed by atoms with Crippen molar-refractivity contribution in [1.29, 1.82) is 0 Å². The smallest absolute Gasteiger partial charge is 0.121 e. The van der Waals surface area contributed by atoms with Crippen molar-refractivity contribution in [2.24, 2.45) is 11.8 Å². The quantitative estimate of drug-likeness (QED) is 0.745. The molecular formula is C21H24O4. The molecule has 0 unspecified atom stereocenters. The van der Waals surface area contributed by atoms with Crippen LogP contribution in [0.3, 0.4) is 0 Å². The Balaban J connectivity index is 1.56. The maximum Gasteiger partial charge on any atom is 0.121 e. The molecule has 4 atom stereocenters. The number of methoxy groups -OCH3 is 2. The van der Waals surface area contributed by atoms with E-state index in [0.29, 0.717) is 11.8 Å². The van der Waals surface area contributed by atoms with Crippen molar-refractivity contribution in [1.82, 2.24) is 0 Å². The van der Waals surface area contributed by atoms with Gasteiger partial charge in [-0.2, -0.15) is 0 Å². The van der Waals surface area contributed by atoms with Gasteiger partial charge < -0.3 is 9.47 Å². The van der Waals surface area contributed by atoms with Gasteiger partial charge in [0.1, 0.15) is 23.7 Å². The van der Waals surface area contributed by atoms with Gasteiger partial charge in [-0.3, -0.25) is 0 Å². The molecule has 1 saturated carbocycles. The van der Waals surface area contributed by atoms with E-state index in [2.05, 4.69) is 24.3 Å². The Labute approximate surface area is 148 Å². The number of rotatable bonds is 4. The normalized spacial score (nSPS) is 28.4. The molecule has 1 heterocycles. The van der Waals surface area contributed by atoms with E-state index >= 15 is 0 Å². The van der Waals surface area contributed by atoms with Crippen LogP contribution in [0, 0.1) is 11.8 Å². The lowest BCUT2D eigenvalue weighted by atomic mass is 9.81. The molecule has 0 radical (unpaired) electrons. The fraction of sp³-hybridized carbons (Fsp3) is 0.429. The molecule has 132 valence electrons. The van der Waals surface area contributed by atoms with Crippen LogP contribution in [0.25, 0.3) is 0 Å². The molecule has 0 aromatic heterocycles. The molecule has 4 rings (SSSR count). The summed E-state index contributed by atoms with van der Waals surface area (Å²) >= 11 is 0. The van der Waals surface area contributed by atoms with Crippen LogP contribution in [-0.2, 0) is 9.78 Å². The summed E-state index contributed by atoms with van der Waals surface area (Å²) in [5, 5.41) is 0. The molecule has 1 aliphatic carbocycles. The lowest BCUT2D eigenvalue weighted by molar-refractivity contribution is -0.405. The summed E-state index contributed by atoms with van der Waals surface area (Å²) < 4.78 is 10.5. The van der Waals surface area contributed by atoms with Crippen molar-refractivity contribution in [3.8, 4) is 11.5 Å². The van der Waals surface area contributed by atoms with E-state index in [1.807, 2.05) is 24.3 Å². The molecule has 2 aromatic rings. The first kappa shape index (κ1) is 16.4. The molecule has 0 N–H and O–H groups in total. The number of hydrogen-bond acceptors (Lipinski definition) is 4. The number of benzene rings is 2. The maximum atomic E-state index is 5.90. The third kappa shape index (κ3) is 3.12. The van der Waals surface area contributed by atoms with Crippen LogP contribution in [-0.4, -0.2) is 14.2 Å². The zero-order valence-corrected chi connectivity index (χ0v) is 14.7. The lowest BCUT2D eigenvalue weighted by Gasteiger charge is -2.38. The minimum Gasteiger partial charge on any atom is -0.497 e. The van der Waals surface area contributed by atoms with Gasteiger partial charge in [-0.15, -0.1) is 0 Å². The van der Waals surface area contributed by atoms with E-state index in [1.165, 1.54) is 19.3 Å². The molecule has 4 heteroatoms. The minimum absolute atomic E-state index is 0.00657. The third-order valence-electron chi connectivity index (χ3n) is 5.55. The molecule has 2 aliphatic rings. The standard InChI is InChI=1S/C21H24O4/c1-22-16-10-6-14(7-11-16)20-18-4-3-5-19(18)21(25-24-20)15-8-12-17(23-2)13-9-15/h6-13,18-21H,3-5H2,1-2H3/t18-,19-,20-,21+/m0/s1. The van der Waals surface area contributed by atoms with Crippen LogP contribution in [0.2, 0.25) is 0 Å². The fourth-order valence-corrected chi connectivity index (χ4v) is 4.22. The first-order valence-corrected chi connectivity index (χ1v) is 8.90. The van der Waals surface area contributed by atoms with Crippen LogP contribution in [0.15, 0.2) is 48.5 Å². The zero-order chi connectivity index (χ0) is 17.2. The molecule has 1 aliphatic heterocycles. The highest BCUT2D eigenvalue weighted by molar-refractivity contribution is 5.31. The summed E-state index contributed by atoms with van der Waals surface area (Å²) in [5.74, 6) is 2.68. The van der Waals surface area contributed by atoms with Gasteiger partial charge in [0.15, 0.2) is 0 Å².